The fraction of sp³-hybridized carbons (Fsp3) is 0.800. The van der Waals surface area contributed by atoms with Crippen molar-refractivity contribution in [3.63, 3.8) is 0 Å². The van der Waals surface area contributed by atoms with E-state index in [4.69, 9.17) is 14.0 Å². The van der Waals surface area contributed by atoms with Crippen LogP contribution in [0.15, 0.2) is 18.2 Å². The van der Waals surface area contributed by atoms with Crippen LogP contribution in [0.5, 0.6) is 0 Å². The van der Waals surface area contributed by atoms with Gasteiger partial charge >= 0.3 is 7.12 Å². The fourth-order valence-corrected chi connectivity index (χ4v) is 7.76. The molecular formula is C30H46BN3O3. The van der Waals surface area contributed by atoms with Crippen LogP contribution in [0.4, 0.5) is 5.69 Å². The lowest BCUT2D eigenvalue weighted by atomic mass is 9.72. The lowest BCUT2D eigenvalue weighted by molar-refractivity contribution is -0.0753. The van der Waals surface area contributed by atoms with Gasteiger partial charge in [-0.1, -0.05) is 18.6 Å². The van der Waals surface area contributed by atoms with Gasteiger partial charge in [-0.2, -0.15) is 0 Å². The Morgan fingerprint density at radius 2 is 1.43 bits per heavy atom. The zero-order valence-corrected chi connectivity index (χ0v) is 23.5. The van der Waals surface area contributed by atoms with Crippen LogP contribution in [0.3, 0.4) is 0 Å². The predicted molar refractivity (Wildman–Crippen MR) is 149 cm³/mol. The third kappa shape index (κ3) is 4.10. The quantitative estimate of drug-likeness (QED) is 0.581. The van der Waals surface area contributed by atoms with Crippen molar-refractivity contribution in [2.45, 2.75) is 107 Å². The summed E-state index contributed by atoms with van der Waals surface area (Å²) in [4.78, 5) is 8.28. The molecule has 5 aliphatic heterocycles. The van der Waals surface area contributed by atoms with Crippen LogP contribution in [-0.2, 0) is 19.5 Å². The largest absolute Gasteiger partial charge is 0.494 e. The van der Waals surface area contributed by atoms with E-state index < -0.39 is 0 Å². The molecule has 5 heterocycles. The molecule has 7 rings (SSSR count). The molecule has 202 valence electrons. The van der Waals surface area contributed by atoms with Crippen LogP contribution >= 0.6 is 0 Å². The number of benzene rings is 1. The number of fused-ring (bicyclic) bond motifs is 2. The molecule has 0 amide bonds. The van der Waals surface area contributed by atoms with Crippen molar-refractivity contribution in [1.29, 1.82) is 0 Å². The zero-order valence-electron chi connectivity index (χ0n) is 23.5. The summed E-state index contributed by atoms with van der Waals surface area (Å²) in [7, 11) is -0.295. The maximum Gasteiger partial charge on any atom is 0.494 e. The van der Waals surface area contributed by atoms with Crippen LogP contribution in [0.25, 0.3) is 0 Å². The van der Waals surface area contributed by atoms with Crippen molar-refractivity contribution in [3.05, 3.63) is 23.8 Å². The summed E-state index contributed by atoms with van der Waals surface area (Å²) in [6.07, 6.45) is 9.34. The van der Waals surface area contributed by atoms with E-state index in [1.165, 1.54) is 88.8 Å². The van der Waals surface area contributed by atoms with Crippen molar-refractivity contribution in [2.75, 3.05) is 50.8 Å². The highest BCUT2D eigenvalue weighted by atomic mass is 16.7. The Morgan fingerprint density at radius 3 is 2.05 bits per heavy atom. The molecule has 0 bridgehead atoms. The minimum absolute atomic E-state index is 0.279. The Bertz CT molecular complexity index is 991. The number of ether oxygens (including phenoxy) is 1. The topological polar surface area (TPSA) is 37.4 Å². The summed E-state index contributed by atoms with van der Waals surface area (Å²) in [6, 6.07) is 9.28. The summed E-state index contributed by atoms with van der Waals surface area (Å²) in [5, 5.41) is 0. The van der Waals surface area contributed by atoms with E-state index in [9.17, 15) is 0 Å². The molecule has 1 aromatic carbocycles. The SMILES string of the molecule is CC1(C)OB(c2ccc3c(c2)N([C@H]2C[C@@H](N4CCCCC4)C2)CC32CCN(C3COC3)CC2)OC1(C)C. The van der Waals surface area contributed by atoms with Crippen molar-refractivity contribution in [3.8, 4) is 0 Å². The normalized spacial score (nSPS) is 33.4. The zero-order chi connectivity index (χ0) is 25.4. The van der Waals surface area contributed by atoms with E-state index >= 15 is 0 Å². The Hall–Kier alpha value is -1.12. The van der Waals surface area contributed by atoms with Crippen LogP contribution in [0, 0.1) is 0 Å². The first kappa shape index (κ1) is 24.9. The van der Waals surface area contributed by atoms with E-state index in [0.717, 1.165) is 19.3 Å². The molecule has 1 saturated carbocycles. The number of rotatable bonds is 4. The smallest absolute Gasteiger partial charge is 0.399 e. The second kappa shape index (κ2) is 8.95. The summed E-state index contributed by atoms with van der Waals surface area (Å²) < 4.78 is 18.5. The van der Waals surface area contributed by atoms with Crippen molar-refractivity contribution in [2.24, 2.45) is 0 Å². The van der Waals surface area contributed by atoms with Gasteiger partial charge in [0.2, 0.25) is 0 Å². The summed E-state index contributed by atoms with van der Waals surface area (Å²) >= 11 is 0. The molecule has 0 radical (unpaired) electrons. The third-order valence-electron chi connectivity index (χ3n) is 11.2. The Balaban J connectivity index is 1.14. The lowest BCUT2D eigenvalue weighted by Gasteiger charge is -2.49. The van der Waals surface area contributed by atoms with Crippen LogP contribution in [0.2, 0.25) is 0 Å². The van der Waals surface area contributed by atoms with Gasteiger partial charge in [-0.05, 0) is 109 Å². The second-order valence-corrected chi connectivity index (χ2v) is 13.9. The number of nitrogens with zero attached hydrogens (tertiary/aromatic N) is 3. The Morgan fingerprint density at radius 1 is 0.784 bits per heavy atom. The van der Waals surface area contributed by atoms with Gasteiger partial charge in [0.15, 0.2) is 0 Å². The number of piperidine rings is 2. The summed E-state index contributed by atoms with van der Waals surface area (Å²) in [5.41, 5.74) is 3.88. The molecule has 7 heteroatoms. The molecule has 4 saturated heterocycles. The number of hydrogen-bond acceptors (Lipinski definition) is 6. The van der Waals surface area contributed by atoms with Crippen molar-refractivity contribution >= 4 is 18.3 Å². The molecule has 0 N–H and O–H groups in total. The van der Waals surface area contributed by atoms with Gasteiger partial charge in [-0.3, -0.25) is 4.90 Å². The molecule has 0 unspecified atom stereocenters. The van der Waals surface area contributed by atoms with Gasteiger partial charge in [0.05, 0.1) is 30.5 Å². The average molecular weight is 508 g/mol. The Labute approximate surface area is 224 Å². The van der Waals surface area contributed by atoms with Gasteiger partial charge < -0.3 is 23.8 Å². The molecule has 0 aromatic heterocycles. The molecule has 37 heavy (non-hydrogen) atoms. The maximum atomic E-state index is 6.47. The maximum absolute atomic E-state index is 6.47. The van der Waals surface area contributed by atoms with Gasteiger partial charge in [0.25, 0.3) is 0 Å². The fourth-order valence-electron chi connectivity index (χ4n) is 7.76. The summed E-state index contributed by atoms with van der Waals surface area (Å²) in [6.45, 7) is 16.6. The first-order valence-electron chi connectivity index (χ1n) is 15.1. The standard InChI is InChI=1S/C30H46BN3O3/c1-28(2)29(3,4)37-31(36-28)22-8-9-26-27(16-22)34(24-17-23(18-24)32-12-6-5-7-13-32)21-30(26)10-14-33(15-11-30)25-19-35-20-25/h8-9,16,23-25H,5-7,10-15,17-21H2,1-4H3/t23-,24+. The van der Waals surface area contributed by atoms with Crippen molar-refractivity contribution in [1.82, 2.24) is 9.80 Å². The number of hydrogen-bond donors (Lipinski definition) is 0. The lowest BCUT2D eigenvalue weighted by Crippen LogP contribution is -2.57. The molecule has 1 aliphatic carbocycles. The number of anilines is 1. The van der Waals surface area contributed by atoms with E-state index in [2.05, 4.69) is 60.6 Å². The van der Waals surface area contributed by atoms with Gasteiger partial charge in [0.1, 0.15) is 0 Å². The van der Waals surface area contributed by atoms with Crippen molar-refractivity contribution < 1.29 is 14.0 Å². The summed E-state index contributed by atoms with van der Waals surface area (Å²) in [5.74, 6) is 0. The van der Waals surface area contributed by atoms with Gasteiger partial charge in [-0.15, -0.1) is 0 Å². The highest BCUT2D eigenvalue weighted by Crippen LogP contribution is 2.50. The minimum Gasteiger partial charge on any atom is -0.399 e. The van der Waals surface area contributed by atoms with E-state index in [1.54, 1.807) is 5.56 Å². The molecule has 6 nitrogen and oxygen atoms in total. The third-order valence-corrected chi connectivity index (χ3v) is 11.2. The van der Waals surface area contributed by atoms with E-state index in [1.807, 2.05) is 0 Å². The number of likely N-dealkylation sites (tertiary alicyclic amines) is 2. The van der Waals surface area contributed by atoms with Crippen LogP contribution < -0.4 is 10.4 Å². The van der Waals surface area contributed by atoms with Crippen LogP contribution in [0.1, 0.15) is 78.2 Å². The highest BCUT2D eigenvalue weighted by molar-refractivity contribution is 6.62. The second-order valence-electron chi connectivity index (χ2n) is 13.9. The van der Waals surface area contributed by atoms with E-state index in [0.29, 0.717) is 12.1 Å². The molecule has 0 atom stereocenters. The first-order chi connectivity index (χ1) is 17.7. The molecule has 1 spiro atoms. The molecule has 1 aromatic rings. The first-order valence-corrected chi connectivity index (χ1v) is 15.1. The minimum atomic E-state index is -0.314. The Kier molecular flexibility index (Phi) is 6.02. The highest BCUT2D eigenvalue weighted by Gasteiger charge is 2.53. The van der Waals surface area contributed by atoms with Gasteiger partial charge in [0, 0.05) is 29.7 Å². The molecule has 5 fully saturated rings. The molecule has 6 aliphatic rings. The van der Waals surface area contributed by atoms with E-state index in [-0.39, 0.29) is 23.7 Å². The average Bonchev–Trinajstić information content (AvgIpc) is 3.23. The van der Waals surface area contributed by atoms with Crippen LogP contribution in [-0.4, -0.2) is 92.2 Å². The predicted octanol–water partition coefficient (Wildman–Crippen LogP) is 3.56. The van der Waals surface area contributed by atoms with Gasteiger partial charge in [-0.25, -0.2) is 0 Å². The molecular weight excluding hydrogens is 461 g/mol. The monoisotopic (exact) mass is 507 g/mol.